The summed E-state index contributed by atoms with van der Waals surface area (Å²) in [5.41, 5.74) is 0.943. The molecule has 25 heavy (non-hydrogen) atoms. The van der Waals surface area contributed by atoms with Crippen LogP contribution in [0.5, 0.6) is 11.5 Å². The predicted octanol–water partition coefficient (Wildman–Crippen LogP) is 3.66. The molecule has 0 saturated heterocycles. The van der Waals surface area contributed by atoms with Gasteiger partial charge in [-0.05, 0) is 30.3 Å². The number of ether oxygens (including phenoxy) is 2. The minimum absolute atomic E-state index is 0.0327. The minimum Gasteiger partial charge on any atom is -0.493 e. The largest absolute Gasteiger partial charge is 0.493 e. The number of methoxy groups -OCH3 is 2. The van der Waals surface area contributed by atoms with Gasteiger partial charge in [0.1, 0.15) is 0 Å². The Kier molecular flexibility index (Phi) is 4.85. The number of carbonyl (C=O) groups excluding carboxylic acids is 1. The summed E-state index contributed by atoms with van der Waals surface area (Å²) in [4.78, 5) is 12.2. The Bertz CT molecular complexity index is 910. The third-order valence-corrected chi connectivity index (χ3v) is 3.72. The number of hydrogen-bond donors (Lipinski definition) is 1. The second-order valence-corrected chi connectivity index (χ2v) is 5.32. The zero-order valence-corrected chi connectivity index (χ0v) is 14.2. The summed E-state index contributed by atoms with van der Waals surface area (Å²) in [5, 5.41) is 10.6. The van der Waals surface area contributed by atoms with Crippen molar-refractivity contribution in [3.63, 3.8) is 0 Å². The van der Waals surface area contributed by atoms with E-state index in [1.54, 1.807) is 49.6 Å². The molecular weight excluding hydrogens is 346 g/mol. The summed E-state index contributed by atoms with van der Waals surface area (Å²) in [7, 11) is 3.08. The van der Waals surface area contributed by atoms with Gasteiger partial charge in [0.05, 0.1) is 24.8 Å². The first kappa shape index (κ1) is 16.8. The molecular formula is C17H14ClN3O4. The van der Waals surface area contributed by atoms with E-state index in [0.29, 0.717) is 27.6 Å². The maximum atomic E-state index is 12.2. The van der Waals surface area contributed by atoms with Gasteiger partial charge in [-0.3, -0.25) is 10.1 Å². The van der Waals surface area contributed by atoms with Crippen LogP contribution in [0.3, 0.4) is 0 Å². The van der Waals surface area contributed by atoms with Crippen LogP contribution in [0.2, 0.25) is 5.02 Å². The molecule has 3 aromatic rings. The predicted molar refractivity (Wildman–Crippen MR) is 92.2 cm³/mol. The highest BCUT2D eigenvalue weighted by Crippen LogP contribution is 2.32. The number of nitrogens with zero attached hydrogens (tertiary/aromatic N) is 2. The molecule has 1 amide bonds. The minimum atomic E-state index is -0.437. The quantitative estimate of drug-likeness (QED) is 0.748. The Labute approximate surface area is 148 Å². The molecule has 0 bridgehead atoms. The van der Waals surface area contributed by atoms with Crippen molar-refractivity contribution >= 4 is 23.5 Å². The number of rotatable bonds is 5. The van der Waals surface area contributed by atoms with Crippen LogP contribution in [0.4, 0.5) is 6.01 Å². The van der Waals surface area contributed by atoms with E-state index in [9.17, 15) is 4.79 Å². The highest BCUT2D eigenvalue weighted by atomic mass is 35.5. The third kappa shape index (κ3) is 3.56. The van der Waals surface area contributed by atoms with Crippen LogP contribution in [0.1, 0.15) is 10.4 Å². The molecule has 2 aromatic carbocycles. The fourth-order valence-corrected chi connectivity index (χ4v) is 2.39. The molecule has 0 fully saturated rings. The third-order valence-electron chi connectivity index (χ3n) is 3.39. The molecule has 1 aromatic heterocycles. The second kappa shape index (κ2) is 7.23. The van der Waals surface area contributed by atoms with Crippen molar-refractivity contribution in [2.75, 3.05) is 19.5 Å². The van der Waals surface area contributed by atoms with E-state index in [4.69, 9.17) is 25.5 Å². The number of carbonyl (C=O) groups is 1. The highest BCUT2D eigenvalue weighted by molar-refractivity contribution is 6.34. The number of hydrogen-bond acceptors (Lipinski definition) is 6. The van der Waals surface area contributed by atoms with Crippen LogP contribution in [0.25, 0.3) is 11.5 Å². The first-order valence-corrected chi connectivity index (χ1v) is 7.62. The van der Waals surface area contributed by atoms with E-state index >= 15 is 0 Å². The molecule has 0 aliphatic heterocycles. The molecule has 8 heteroatoms. The number of nitrogens with one attached hydrogen (secondary N) is 1. The summed E-state index contributed by atoms with van der Waals surface area (Å²) < 4.78 is 15.9. The summed E-state index contributed by atoms with van der Waals surface area (Å²) in [6.45, 7) is 0. The van der Waals surface area contributed by atoms with Gasteiger partial charge in [-0.2, -0.15) is 0 Å². The fraction of sp³-hybridized carbons (Fsp3) is 0.118. The lowest BCUT2D eigenvalue weighted by Crippen LogP contribution is -2.12. The van der Waals surface area contributed by atoms with Crippen LogP contribution < -0.4 is 14.8 Å². The van der Waals surface area contributed by atoms with Crippen molar-refractivity contribution in [3.05, 3.63) is 53.1 Å². The van der Waals surface area contributed by atoms with Crippen molar-refractivity contribution < 1.29 is 18.7 Å². The molecule has 1 heterocycles. The summed E-state index contributed by atoms with van der Waals surface area (Å²) in [5.74, 6) is 0.904. The van der Waals surface area contributed by atoms with Crippen molar-refractivity contribution in [2.45, 2.75) is 0 Å². The zero-order chi connectivity index (χ0) is 17.8. The van der Waals surface area contributed by atoms with Crippen molar-refractivity contribution in [2.24, 2.45) is 0 Å². The van der Waals surface area contributed by atoms with Gasteiger partial charge >= 0.3 is 6.01 Å². The Balaban J connectivity index is 1.81. The lowest BCUT2D eigenvalue weighted by molar-refractivity contribution is 0.102. The Morgan fingerprint density at radius 3 is 2.56 bits per heavy atom. The monoisotopic (exact) mass is 359 g/mol. The zero-order valence-electron chi connectivity index (χ0n) is 13.4. The first-order chi connectivity index (χ1) is 12.1. The molecule has 0 radical (unpaired) electrons. The molecule has 0 aliphatic carbocycles. The molecule has 0 spiro atoms. The molecule has 3 rings (SSSR count). The Hall–Kier alpha value is -3.06. The standard InChI is InChI=1S/C17H14ClN3O4/c1-23-13-8-7-10(9-14(13)24-2)16-20-21-17(25-16)19-15(22)11-5-3-4-6-12(11)18/h3-9H,1-2H3,(H,19,21,22). The average molecular weight is 360 g/mol. The summed E-state index contributed by atoms with van der Waals surface area (Å²) >= 11 is 6.00. The molecule has 128 valence electrons. The summed E-state index contributed by atoms with van der Waals surface area (Å²) in [6, 6.07) is 11.8. The smallest absolute Gasteiger partial charge is 0.322 e. The number of halogens is 1. The molecule has 0 unspecified atom stereocenters. The van der Waals surface area contributed by atoms with E-state index < -0.39 is 5.91 Å². The lowest BCUT2D eigenvalue weighted by Gasteiger charge is -2.07. The van der Waals surface area contributed by atoms with Crippen LogP contribution in [0, 0.1) is 0 Å². The second-order valence-electron chi connectivity index (χ2n) is 4.92. The number of aromatic nitrogens is 2. The number of benzene rings is 2. The first-order valence-electron chi connectivity index (χ1n) is 7.24. The van der Waals surface area contributed by atoms with E-state index in [1.807, 2.05) is 0 Å². The average Bonchev–Trinajstić information content (AvgIpc) is 3.09. The number of amides is 1. The van der Waals surface area contributed by atoms with Gasteiger partial charge in [0, 0.05) is 5.56 Å². The Morgan fingerprint density at radius 2 is 1.84 bits per heavy atom. The number of anilines is 1. The van der Waals surface area contributed by atoms with E-state index in [-0.39, 0.29) is 11.9 Å². The van der Waals surface area contributed by atoms with Gasteiger partial charge in [0.25, 0.3) is 5.91 Å². The lowest BCUT2D eigenvalue weighted by atomic mass is 10.2. The highest BCUT2D eigenvalue weighted by Gasteiger charge is 2.16. The molecule has 0 aliphatic rings. The van der Waals surface area contributed by atoms with Gasteiger partial charge < -0.3 is 13.9 Å². The molecule has 0 saturated carbocycles. The van der Waals surface area contributed by atoms with E-state index in [0.717, 1.165) is 0 Å². The van der Waals surface area contributed by atoms with Crippen molar-refractivity contribution in [3.8, 4) is 23.0 Å². The summed E-state index contributed by atoms with van der Waals surface area (Å²) in [6.07, 6.45) is 0. The van der Waals surface area contributed by atoms with Crippen molar-refractivity contribution in [1.29, 1.82) is 0 Å². The van der Waals surface area contributed by atoms with Gasteiger partial charge in [-0.25, -0.2) is 0 Å². The maximum Gasteiger partial charge on any atom is 0.322 e. The van der Waals surface area contributed by atoms with Gasteiger partial charge in [-0.1, -0.05) is 28.8 Å². The van der Waals surface area contributed by atoms with Gasteiger partial charge in [-0.15, -0.1) is 5.10 Å². The Morgan fingerprint density at radius 1 is 1.08 bits per heavy atom. The van der Waals surface area contributed by atoms with Crippen molar-refractivity contribution in [1.82, 2.24) is 10.2 Å². The van der Waals surface area contributed by atoms with E-state index in [1.165, 1.54) is 7.11 Å². The maximum absolute atomic E-state index is 12.2. The van der Waals surface area contributed by atoms with Crippen LogP contribution in [-0.2, 0) is 0 Å². The van der Waals surface area contributed by atoms with Crippen LogP contribution in [-0.4, -0.2) is 30.3 Å². The van der Waals surface area contributed by atoms with E-state index in [2.05, 4.69) is 15.5 Å². The van der Waals surface area contributed by atoms with Gasteiger partial charge in [0.2, 0.25) is 5.89 Å². The van der Waals surface area contributed by atoms with Gasteiger partial charge in [0.15, 0.2) is 11.5 Å². The topological polar surface area (TPSA) is 86.5 Å². The van der Waals surface area contributed by atoms with Crippen LogP contribution in [0.15, 0.2) is 46.9 Å². The molecule has 0 atom stereocenters. The fourth-order valence-electron chi connectivity index (χ4n) is 2.17. The SMILES string of the molecule is COc1ccc(-c2nnc(NC(=O)c3ccccc3Cl)o2)cc1OC. The normalized spacial score (nSPS) is 10.4. The van der Waals surface area contributed by atoms with Crippen LogP contribution >= 0.6 is 11.6 Å². The molecule has 1 N–H and O–H groups in total. The molecule has 7 nitrogen and oxygen atoms in total.